The smallest absolute Gasteiger partial charge is 0.190 e. The number of allylic oxidation sites excluding steroid dienone is 4. The lowest BCUT2D eigenvalue weighted by molar-refractivity contribution is -0.227. The largest absolute Gasteiger partial charge is 0.393 e. The SMILES string of the molecule is CCOCO[C@]1(C(=O)CO)[C@@H](CC)C[C@H]2[C@@H]3C[C@H](CC)C4=CC(=O)C=C[C@]4(C)[C@H]3[C@@H](O)C[C@@]21C. The lowest BCUT2D eigenvalue weighted by atomic mass is 9.44. The number of carbonyl (C=O) groups is 2. The lowest BCUT2D eigenvalue weighted by Crippen LogP contribution is -2.64. The van der Waals surface area contributed by atoms with E-state index < -0.39 is 23.7 Å². The molecule has 2 N–H and O–H groups in total. The van der Waals surface area contributed by atoms with Crippen molar-refractivity contribution in [3.8, 4) is 0 Å². The van der Waals surface area contributed by atoms with Crippen LogP contribution in [0.25, 0.3) is 0 Å². The van der Waals surface area contributed by atoms with E-state index in [0.29, 0.717) is 13.0 Å². The molecule has 0 bridgehead atoms. The zero-order valence-corrected chi connectivity index (χ0v) is 21.4. The van der Waals surface area contributed by atoms with E-state index >= 15 is 0 Å². The second kappa shape index (κ2) is 9.27. The van der Waals surface area contributed by atoms with Gasteiger partial charge in [-0.2, -0.15) is 0 Å². The molecule has 190 valence electrons. The first-order valence-electron chi connectivity index (χ1n) is 13.1. The van der Waals surface area contributed by atoms with Crippen LogP contribution in [0.1, 0.15) is 66.7 Å². The molecule has 9 atom stereocenters. The van der Waals surface area contributed by atoms with Crippen molar-refractivity contribution in [2.75, 3.05) is 20.0 Å². The van der Waals surface area contributed by atoms with Gasteiger partial charge in [-0.1, -0.05) is 45.8 Å². The first-order chi connectivity index (χ1) is 16.1. The number of hydrogen-bond acceptors (Lipinski definition) is 6. The summed E-state index contributed by atoms with van der Waals surface area (Å²) in [6, 6.07) is 0. The van der Waals surface area contributed by atoms with Crippen molar-refractivity contribution < 1.29 is 29.3 Å². The van der Waals surface area contributed by atoms with E-state index in [1.165, 1.54) is 0 Å². The highest BCUT2D eigenvalue weighted by molar-refractivity contribution is 6.01. The Kier molecular flexibility index (Phi) is 7.02. The summed E-state index contributed by atoms with van der Waals surface area (Å²) in [7, 11) is 0. The van der Waals surface area contributed by atoms with Crippen LogP contribution in [0, 0.1) is 40.4 Å². The quantitative estimate of drug-likeness (QED) is 0.410. The van der Waals surface area contributed by atoms with Gasteiger partial charge in [-0.25, -0.2) is 0 Å². The molecule has 0 radical (unpaired) electrons. The summed E-state index contributed by atoms with van der Waals surface area (Å²) < 4.78 is 11.9. The molecule has 6 nitrogen and oxygen atoms in total. The van der Waals surface area contributed by atoms with E-state index in [9.17, 15) is 19.8 Å². The predicted octanol–water partition coefficient (Wildman–Crippen LogP) is 3.85. The maximum atomic E-state index is 13.5. The Labute approximate surface area is 203 Å². The van der Waals surface area contributed by atoms with Gasteiger partial charge in [0.05, 0.1) is 6.10 Å². The van der Waals surface area contributed by atoms with Crippen molar-refractivity contribution >= 4 is 11.6 Å². The van der Waals surface area contributed by atoms with Gasteiger partial charge in [-0.15, -0.1) is 0 Å². The highest BCUT2D eigenvalue weighted by atomic mass is 16.7. The van der Waals surface area contributed by atoms with Crippen LogP contribution in [0.2, 0.25) is 0 Å². The standard InChI is InChI=1S/C28H42O6/c1-6-17-11-20-22-12-18(7-2)28(24(32)15-29,34-16-33-8-3)27(22,5)14-23(31)25(20)26(4)10-9-19(30)13-21(17)26/h9-10,13,17-18,20,22-23,25,29,31H,6-8,11-12,14-16H2,1-5H3/t17-,18-,20-,22-,23-,25+,26-,27-,28-/m0/s1. The zero-order chi connectivity index (χ0) is 24.9. The summed E-state index contributed by atoms with van der Waals surface area (Å²) in [5.41, 5.74) is -1.02. The van der Waals surface area contributed by atoms with Gasteiger partial charge in [-0.3, -0.25) is 9.59 Å². The van der Waals surface area contributed by atoms with Crippen molar-refractivity contribution in [1.29, 1.82) is 0 Å². The monoisotopic (exact) mass is 474 g/mol. The molecule has 4 rings (SSSR count). The second-order valence-corrected chi connectivity index (χ2v) is 11.4. The minimum Gasteiger partial charge on any atom is -0.393 e. The van der Waals surface area contributed by atoms with Crippen LogP contribution in [-0.2, 0) is 19.1 Å². The van der Waals surface area contributed by atoms with E-state index in [1.54, 1.807) is 12.2 Å². The third-order valence-corrected chi connectivity index (χ3v) is 10.1. The molecule has 0 aromatic heterocycles. The Morgan fingerprint density at radius 3 is 2.53 bits per heavy atom. The molecule has 0 aromatic rings. The Hall–Kier alpha value is -1.34. The number of ketones is 2. The average molecular weight is 475 g/mol. The molecule has 4 aliphatic rings. The number of fused-ring (bicyclic) bond motifs is 5. The number of ether oxygens (including phenoxy) is 2. The summed E-state index contributed by atoms with van der Waals surface area (Å²) in [4.78, 5) is 25.8. The van der Waals surface area contributed by atoms with E-state index in [-0.39, 0.29) is 53.4 Å². The molecule has 0 heterocycles. The highest BCUT2D eigenvalue weighted by Crippen LogP contribution is 2.70. The van der Waals surface area contributed by atoms with Gasteiger partial charge >= 0.3 is 0 Å². The summed E-state index contributed by atoms with van der Waals surface area (Å²) in [6.07, 6.45) is 8.68. The Morgan fingerprint density at radius 1 is 1.18 bits per heavy atom. The number of Topliss-reactive ketones (excluding diaryl/α,β-unsaturated/α-hetero) is 1. The first kappa shape index (κ1) is 25.7. The van der Waals surface area contributed by atoms with Gasteiger partial charge in [0, 0.05) is 23.4 Å². The van der Waals surface area contributed by atoms with E-state index in [0.717, 1.165) is 31.3 Å². The molecule has 0 amide bonds. The minimum atomic E-state index is -1.18. The van der Waals surface area contributed by atoms with Crippen LogP contribution >= 0.6 is 0 Å². The van der Waals surface area contributed by atoms with Crippen molar-refractivity contribution in [2.24, 2.45) is 40.4 Å². The first-order valence-corrected chi connectivity index (χ1v) is 13.1. The molecule has 6 heteroatoms. The predicted molar refractivity (Wildman–Crippen MR) is 129 cm³/mol. The Morgan fingerprint density at radius 2 is 1.91 bits per heavy atom. The third-order valence-electron chi connectivity index (χ3n) is 10.1. The second-order valence-electron chi connectivity index (χ2n) is 11.4. The van der Waals surface area contributed by atoms with Gasteiger partial charge in [0.15, 0.2) is 11.6 Å². The summed E-state index contributed by atoms with van der Waals surface area (Å²) in [5, 5.41) is 21.8. The number of carbonyl (C=O) groups excluding carboxylic acids is 2. The highest BCUT2D eigenvalue weighted by Gasteiger charge is 2.72. The molecule has 0 unspecified atom stereocenters. The maximum Gasteiger partial charge on any atom is 0.190 e. The topological polar surface area (TPSA) is 93.1 Å². The van der Waals surface area contributed by atoms with Crippen molar-refractivity contribution in [1.82, 2.24) is 0 Å². The van der Waals surface area contributed by atoms with Crippen LogP contribution in [0.15, 0.2) is 23.8 Å². The fourth-order valence-corrected chi connectivity index (χ4v) is 8.79. The van der Waals surface area contributed by atoms with Gasteiger partial charge in [0.25, 0.3) is 0 Å². The molecule has 3 saturated carbocycles. The van der Waals surface area contributed by atoms with Crippen molar-refractivity contribution in [3.63, 3.8) is 0 Å². The van der Waals surface area contributed by atoms with Crippen LogP contribution in [0.4, 0.5) is 0 Å². The fraction of sp³-hybridized carbons (Fsp3) is 0.786. The van der Waals surface area contributed by atoms with Crippen LogP contribution < -0.4 is 0 Å². The summed E-state index contributed by atoms with van der Waals surface area (Å²) in [6.45, 7) is 10.3. The summed E-state index contributed by atoms with van der Waals surface area (Å²) in [5.74, 6) is 0.284. The number of rotatable bonds is 8. The Balaban J connectivity index is 1.82. The molecule has 0 saturated heterocycles. The van der Waals surface area contributed by atoms with Gasteiger partial charge in [0.1, 0.15) is 19.0 Å². The van der Waals surface area contributed by atoms with Crippen LogP contribution in [-0.4, -0.2) is 53.5 Å². The average Bonchev–Trinajstić information content (AvgIpc) is 3.06. The molecule has 34 heavy (non-hydrogen) atoms. The zero-order valence-electron chi connectivity index (χ0n) is 21.4. The Bertz CT molecular complexity index is 878. The minimum absolute atomic E-state index is 0.00171. The van der Waals surface area contributed by atoms with Crippen molar-refractivity contribution in [2.45, 2.75) is 78.4 Å². The molecule has 4 aliphatic carbocycles. The van der Waals surface area contributed by atoms with Crippen molar-refractivity contribution in [3.05, 3.63) is 23.8 Å². The number of aliphatic hydroxyl groups is 2. The maximum absolute atomic E-state index is 13.5. The molecular formula is C28H42O6. The third kappa shape index (κ3) is 3.43. The molecule has 0 aromatic carbocycles. The number of hydrogen-bond donors (Lipinski definition) is 2. The van der Waals surface area contributed by atoms with Gasteiger partial charge in [0.2, 0.25) is 0 Å². The van der Waals surface area contributed by atoms with Crippen LogP contribution in [0.5, 0.6) is 0 Å². The molecule has 3 fully saturated rings. The lowest BCUT2D eigenvalue weighted by Gasteiger charge is -2.61. The molecular weight excluding hydrogens is 432 g/mol. The summed E-state index contributed by atoms with van der Waals surface area (Å²) >= 11 is 0. The fourth-order valence-electron chi connectivity index (χ4n) is 8.79. The molecule has 0 aliphatic heterocycles. The van der Waals surface area contributed by atoms with E-state index in [1.807, 2.05) is 13.0 Å². The van der Waals surface area contributed by atoms with Crippen LogP contribution in [0.3, 0.4) is 0 Å². The van der Waals surface area contributed by atoms with E-state index in [2.05, 4.69) is 27.7 Å². The normalized spacial score (nSPS) is 45.4. The molecule has 0 spiro atoms. The number of aliphatic hydroxyl groups excluding tert-OH is 2. The van der Waals surface area contributed by atoms with E-state index in [4.69, 9.17) is 9.47 Å². The van der Waals surface area contributed by atoms with Gasteiger partial charge in [-0.05, 0) is 68.4 Å². The van der Waals surface area contributed by atoms with Gasteiger partial charge < -0.3 is 19.7 Å².